The SMILES string of the molecule is CC1=C2C(O)C(=O)[C@@]3(C)C(C(C)C(O)(CC1[C@@H](OO)C(C)Cc1ccccc1)C2(C)C)[C@]1(O)COC1C[C@@H]3C. The van der Waals surface area contributed by atoms with Crippen LogP contribution in [0.5, 0.6) is 0 Å². The van der Waals surface area contributed by atoms with Gasteiger partial charge in [0.25, 0.3) is 0 Å². The van der Waals surface area contributed by atoms with E-state index in [0.29, 0.717) is 18.4 Å². The fourth-order valence-electron chi connectivity index (χ4n) is 9.40. The van der Waals surface area contributed by atoms with E-state index < -0.39 is 58.1 Å². The average Bonchev–Trinajstić information content (AvgIpc) is 2.88. The molecule has 3 aliphatic carbocycles. The molecule has 7 nitrogen and oxygen atoms in total. The van der Waals surface area contributed by atoms with Gasteiger partial charge in [-0.15, -0.1) is 0 Å². The molecule has 1 aliphatic heterocycles. The molecule has 7 unspecified atom stereocenters. The third-order valence-corrected chi connectivity index (χ3v) is 11.9. The number of carbonyl (C=O) groups is 1. The maximum atomic E-state index is 14.4. The van der Waals surface area contributed by atoms with Crippen LogP contribution in [-0.2, 0) is 20.8 Å². The van der Waals surface area contributed by atoms with E-state index in [1.807, 2.05) is 78.8 Å². The van der Waals surface area contributed by atoms with Gasteiger partial charge in [0.1, 0.15) is 17.8 Å². The average molecular weight is 543 g/mol. The lowest BCUT2D eigenvalue weighted by Gasteiger charge is -2.68. The number of benzene rings is 1. The van der Waals surface area contributed by atoms with Crippen molar-refractivity contribution < 1.29 is 35.0 Å². The Hall–Kier alpha value is -1.61. The van der Waals surface area contributed by atoms with Crippen molar-refractivity contribution in [1.82, 2.24) is 0 Å². The topological polar surface area (TPSA) is 116 Å². The summed E-state index contributed by atoms with van der Waals surface area (Å²) in [6, 6.07) is 9.97. The van der Waals surface area contributed by atoms with Gasteiger partial charge in [-0.05, 0) is 55.1 Å². The number of aliphatic hydroxyl groups excluding tert-OH is 1. The number of hydrogen-bond acceptors (Lipinski definition) is 7. The molecule has 4 aliphatic rings. The van der Waals surface area contributed by atoms with E-state index in [9.17, 15) is 25.4 Å². The Labute approximate surface area is 232 Å². The summed E-state index contributed by atoms with van der Waals surface area (Å²) < 4.78 is 5.79. The fraction of sp³-hybridized carbons (Fsp3) is 0.719. The molecule has 1 aromatic carbocycles. The molecule has 0 amide bonds. The molecule has 216 valence electrons. The first-order valence-corrected chi connectivity index (χ1v) is 14.5. The summed E-state index contributed by atoms with van der Waals surface area (Å²) >= 11 is 0. The number of ketones is 1. The normalized spacial score (nSPS) is 44.8. The number of rotatable bonds is 5. The highest BCUT2D eigenvalue weighted by Gasteiger charge is 2.73. The van der Waals surface area contributed by atoms with Crippen LogP contribution in [0.4, 0.5) is 0 Å². The highest BCUT2D eigenvalue weighted by Crippen LogP contribution is 2.66. The first-order valence-electron chi connectivity index (χ1n) is 14.5. The van der Waals surface area contributed by atoms with Crippen LogP contribution in [0.2, 0.25) is 0 Å². The summed E-state index contributed by atoms with van der Waals surface area (Å²) in [4.78, 5) is 19.6. The summed E-state index contributed by atoms with van der Waals surface area (Å²) in [5.41, 5.74) is -2.29. The van der Waals surface area contributed by atoms with Crippen molar-refractivity contribution in [3.8, 4) is 0 Å². The number of hydrogen-bond donors (Lipinski definition) is 4. The van der Waals surface area contributed by atoms with Crippen molar-refractivity contribution in [2.75, 3.05) is 6.61 Å². The Bertz CT molecular complexity index is 1150. The molecule has 5 rings (SSSR count). The molecule has 0 spiro atoms. The van der Waals surface area contributed by atoms with Crippen molar-refractivity contribution in [3.05, 3.63) is 47.0 Å². The van der Waals surface area contributed by atoms with Crippen molar-refractivity contribution in [3.63, 3.8) is 0 Å². The standard InChI is InChI=1S/C32H46O7/c1-17(13-21-11-9-8-10-12-21)26(39-37)22-15-32(36)20(4)27-30(7,18(2)14-23-31(27,35)16-38-23)28(34)25(33)24(19(22)3)29(32,5)6/h8-12,17-18,20,22-23,25-27,33,35-37H,13-16H2,1-7H3/t17?,18-,20?,22?,23?,25?,26-,27?,30+,31-,32?/m0/s1. The van der Waals surface area contributed by atoms with Gasteiger partial charge in [-0.2, -0.15) is 0 Å². The lowest BCUT2D eigenvalue weighted by molar-refractivity contribution is -0.332. The number of ether oxygens (including phenoxy) is 1. The maximum absolute atomic E-state index is 14.4. The summed E-state index contributed by atoms with van der Waals surface area (Å²) in [5, 5.41) is 46.9. The summed E-state index contributed by atoms with van der Waals surface area (Å²) in [6.45, 7) is 13.6. The van der Waals surface area contributed by atoms with Crippen LogP contribution < -0.4 is 0 Å². The zero-order valence-electron chi connectivity index (χ0n) is 24.3. The molecule has 2 bridgehead atoms. The molecule has 0 radical (unpaired) electrons. The smallest absolute Gasteiger partial charge is 0.172 e. The zero-order valence-corrected chi connectivity index (χ0v) is 24.3. The van der Waals surface area contributed by atoms with Crippen LogP contribution in [0.1, 0.15) is 66.9 Å². The first kappa shape index (κ1) is 28.9. The van der Waals surface area contributed by atoms with Crippen LogP contribution in [0.3, 0.4) is 0 Å². The molecule has 11 atom stereocenters. The van der Waals surface area contributed by atoms with Gasteiger partial charge in [0.2, 0.25) is 0 Å². The molecule has 39 heavy (non-hydrogen) atoms. The summed E-state index contributed by atoms with van der Waals surface area (Å²) in [6.07, 6.45) is -1.07. The van der Waals surface area contributed by atoms with Gasteiger partial charge in [0.15, 0.2) is 5.78 Å². The minimum absolute atomic E-state index is 0.108. The monoisotopic (exact) mass is 542 g/mol. The molecule has 7 heteroatoms. The van der Waals surface area contributed by atoms with Crippen molar-refractivity contribution in [2.24, 2.45) is 40.4 Å². The third-order valence-electron chi connectivity index (χ3n) is 11.9. The highest BCUT2D eigenvalue weighted by molar-refractivity contribution is 5.93. The minimum Gasteiger partial charge on any atom is -0.389 e. The first-order chi connectivity index (χ1) is 18.2. The van der Waals surface area contributed by atoms with Gasteiger partial charge < -0.3 is 20.1 Å². The second kappa shape index (κ2) is 9.47. The van der Waals surface area contributed by atoms with Gasteiger partial charge >= 0.3 is 0 Å². The Balaban J connectivity index is 1.65. The lowest BCUT2D eigenvalue weighted by Crippen LogP contribution is -2.77. The molecule has 0 aromatic heterocycles. The third kappa shape index (κ3) is 3.80. The Morgan fingerprint density at radius 1 is 1.13 bits per heavy atom. The lowest BCUT2D eigenvalue weighted by atomic mass is 9.41. The van der Waals surface area contributed by atoms with E-state index in [0.717, 1.165) is 11.1 Å². The van der Waals surface area contributed by atoms with E-state index >= 15 is 0 Å². The largest absolute Gasteiger partial charge is 0.389 e. The van der Waals surface area contributed by atoms with E-state index in [-0.39, 0.29) is 30.6 Å². The Morgan fingerprint density at radius 2 is 1.77 bits per heavy atom. The molecule has 3 fully saturated rings. The number of aliphatic hydroxyl groups is 3. The summed E-state index contributed by atoms with van der Waals surface area (Å²) in [7, 11) is 0. The molecular weight excluding hydrogens is 496 g/mol. The zero-order chi connectivity index (χ0) is 28.7. The van der Waals surface area contributed by atoms with E-state index in [4.69, 9.17) is 9.62 Å². The second-order valence-electron chi connectivity index (χ2n) is 13.9. The van der Waals surface area contributed by atoms with Crippen molar-refractivity contribution in [1.29, 1.82) is 0 Å². The highest BCUT2D eigenvalue weighted by atomic mass is 17.1. The van der Waals surface area contributed by atoms with Crippen LogP contribution >= 0.6 is 0 Å². The van der Waals surface area contributed by atoms with E-state index in [1.165, 1.54) is 0 Å². The Kier molecular flexibility index (Phi) is 7.01. The molecule has 2 saturated carbocycles. The van der Waals surface area contributed by atoms with Gasteiger partial charge in [-0.3, -0.25) is 10.1 Å². The summed E-state index contributed by atoms with van der Waals surface area (Å²) in [5.74, 6) is -2.16. The van der Waals surface area contributed by atoms with Crippen molar-refractivity contribution >= 4 is 5.78 Å². The van der Waals surface area contributed by atoms with Crippen molar-refractivity contribution in [2.45, 2.75) is 97.2 Å². The number of carbonyl (C=O) groups excluding carboxylic acids is 1. The van der Waals surface area contributed by atoms with Crippen LogP contribution in [0.25, 0.3) is 0 Å². The quantitative estimate of drug-likeness (QED) is 0.250. The van der Waals surface area contributed by atoms with E-state index in [1.54, 1.807) is 0 Å². The van der Waals surface area contributed by atoms with Gasteiger partial charge in [-0.1, -0.05) is 77.4 Å². The Morgan fingerprint density at radius 3 is 2.33 bits per heavy atom. The predicted octanol–water partition coefficient (Wildman–Crippen LogP) is 4.19. The van der Waals surface area contributed by atoms with Crippen LogP contribution in [-0.4, -0.2) is 62.5 Å². The van der Waals surface area contributed by atoms with E-state index in [2.05, 4.69) is 0 Å². The molecule has 4 N–H and O–H groups in total. The number of Topliss-reactive ketones (excluding diaryl/α,β-unsaturated/α-hetero) is 1. The molecule has 1 saturated heterocycles. The van der Waals surface area contributed by atoms with Gasteiger partial charge in [0, 0.05) is 22.7 Å². The molecule has 1 aromatic rings. The van der Waals surface area contributed by atoms with Gasteiger partial charge in [0.05, 0.1) is 18.3 Å². The molecular formula is C32H46O7. The van der Waals surface area contributed by atoms with Crippen LogP contribution in [0.15, 0.2) is 41.5 Å². The predicted molar refractivity (Wildman–Crippen MR) is 147 cm³/mol. The number of fused-ring (bicyclic) bond motifs is 5. The maximum Gasteiger partial charge on any atom is 0.172 e. The minimum atomic E-state index is -1.44. The molecule has 1 heterocycles. The van der Waals surface area contributed by atoms with Gasteiger partial charge in [-0.25, -0.2) is 4.89 Å². The van der Waals surface area contributed by atoms with Crippen LogP contribution in [0, 0.1) is 40.4 Å². The second-order valence-corrected chi connectivity index (χ2v) is 13.9. The fourth-order valence-corrected chi connectivity index (χ4v) is 9.40.